The summed E-state index contributed by atoms with van der Waals surface area (Å²) in [5.74, 6) is -3.43. The van der Waals surface area contributed by atoms with Crippen molar-refractivity contribution in [3.8, 4) is 0 Å². The molecular formula is C9H8ClF2NO2. The summed E-state index contributed by atoms with van der Waals surface area (Å²) in [6.07, 6.45) is -0.374. The number of aliphatic carboxylic acids is 1. The molecule has 6 heteroatoms. The zero-order valence-corrected chi connectivity index (χ0v) is 8.26. The summed E-state index contributed by atoms with van der Waals surface area (Å²) >= 11 is 5.38. The largest absolute Gasteiger partial charge is 0.481 e. The van der Waals surface area contributed by atoms with Gasteiger partial charge in [0.25, 0.3) is 0 Å². The topological polar surface area (TPSA) is 63.3 Å². The van der Waals surface area contributed by atoms with Crippen molar-refractivity contribution >= 4 is 17.6 Å². The van der Waals surface area contributed by atoms with Crippen molar-refractivity contribution < 1.29 is 18.7 Å². The maximum Gasteiger partial charge on any atom is 0.305 e. The van der Waals surface area contributed by atoms with Crippen LogP contribution >= 0.6 is 11.6 Å². The van der Waals surface area contributed by atoms with Gasteiger partial charge in [-0.3, -0.25) is 4.79 Å². The molecule has 3 N–H and O–H groups in total. The average molecular weight is 236 g/mol. The molecule has 0 aliphatic heterocycles. The molecule has 0 aromatic heterocycles. The van der Waals surface area contributed by atoms with Crippen molar-refractivity contribution in [2.75, 3.05) is 0 Å². The Kier molecular flexibility index (Phi) is 3.60. The summed E-state index contributed by atoms with van der Waals surface area (Å²) in [6, 6.07) is 1.05. The van der Waals surface area contributed by atoms with E-state index in [1.165, 1.54) is 0 Å². The quantitative estimate of drug-likeness (QED) is 0.789. The van der Waals surface area contributed by atoms with Gasteiger partial charge in [-0.1, -0.05) is 11.6 Å². The van der Waals surface area contributed by atoms with Crippen molar-refractivity contribution in [1.82, 2.24) is 0 Å². The van der Waals surface area contributed by atoms with E-state index in [2.05, 4.69) is 0 Å². The van der Waals surface area contributed by atoms with Crippen molar-refractivity contribution in [2.24, 2.45) is 5.73 Å². The molecule has 0 heterocycles. The first kappa shape index (κ1) is 11.9. The SMILES string of the molecule is NC(CC(=O)O)c1cc(F)c(F)c(Cl)c1. The van der Waals surface area contributed by atoms with Crippen molar-refractivity contribution in [2.45, 2.75) is 12.5 Å². The molecule has 1 aromatic rings. The monoisotopic (exact) mass is 235 g/mol. The van der Waals surface area contributed by atoms with Gasteiger partial charge in [0.2, 0.25) is 0 Å². The summed E-state index contributed by atoms with van der Waals surface area (Å²) in [5, 5.41) is 8.05. The van der Waals surface area contributed by atoms with Gasteiger partial charge in [0.05, 0.1) is 11.4 Å². The Balaban J connectivity index is 3.00. The molecule has 82 valence electrons. The van der Waals surface area contributed by atoms with E-state index in [1.54, 1.807) is 0 Å². The van der Waals surface area contributed by atoms with E-state index in [9.17, 15) is 13.6 Å². The molecule has 1 unspecified atom stereocenters. The molecule has 15 heavy (non-hydrogen) atoms. The molecule has 0 spiro atoms. The number of rotatable bonds is 3. The Hall–Kier alpha value is -1.20. The highest BCUT2D eigenvalue weighted by Gasteiger charge is 2.15. The van der Waals surface area contributed by atoms with Crippen LogP contribution in [0.5, 0.6) is 0 Å². The highest BCUT2D eigenvalue weighted by Crippen LogP contribution is 2.24. The number of carboxylic acid groups (broad SMARTS) is 1. The standard InChI is InChI=1S/C9H8ClF2NO2/c10-5-1-4(2-6(11)9(5)12)7(13)3-8(14)15/h1-2,7H,3,13H2,(H,14,15). The molecule has 1 rings (SSSR count). The predicted molar refractivity (Wildman–Crippen MR) is 50.5 cm³/mol. The predicted octanol–water partition coefficient (Wildman–Crippen LogP) is 2.09. The summed E-state index contributed by atoms with van der Waals surface area (Å²) in [4.78, 5) is 10.3. The third-order valence-electron chi connectivity index (χ3n) is 1.83. The highest BCUT2D eigenvalue weighted by atomic mass is 35.5. The van der Waals surface area contributed by atoms with E-state index in [0.717, 1.165) is 12.1 Å². The van der Waals surface area contributed by atoms with E-state index < -0.39 is 28.7 Å². The maximum atomic E-state index is 12.9. The smallest absolute Gasteiger partial charge is 0.305 e. The van der Waals surface area contributed by atoms with Gasteiger partial charge in [-0.2, -0.15) is 0 Å². The summed E-state index contributed by atoms with van der Waals surface area (Å²) in [6.45, 7) is 0. The number of hydrogen-bond acceptors (Lipinski definition) is 2. The fourth-order valence-corrected chi connectivity index (χ4v) is 1.31. The second-order valence-corrected chi connectivity index (χ2v) is 3.41. The van der Waals surface area contributed by atoms with Gasteiger partial charge in [-0.15, -0.1) is 0 Å². The summed E-state index contributed by atoms with van der Waals surface area (Å²) < 4.78 is 25.6. The van der Waals surface area contributed by atoms with Gasteiger partial charge >= 0.3 is 5.97 Å². The van der Waals surface area contributed by atoms with Gasteiger partial charge in [-0.25, -0.2) is 8.78 Å². The van der Waals surface area contributed by atoms with Crippen molar-refractivity contribution in [3.05, 3.63) is 34.4 Å². The molecule has 0 radical (unpaired) electrons. The van der Waals surface area contributed by atoms with E-state index in [0.29, 0.717) is 0 Å². The summed E-state index contributed by atoms with van der Waals surface area (Å²) in [7, 11) is 0. The van der Waals surface area contributed by atoms with Gasteiger partial charge < -0.3 is 10.8 Å². The minimum Gasteiger partial charge on any atom is -0.481 e. The summed E-state index contributed by atoms with van der Waals surface area (Å²) in [5.41, 5.74) is 5.61. The highest BCUT2D eigenvalue weighted by molar-refractivity contribution is 6.30. The average Bonchev–Trinajstić information content (AvgIpc) is 2.12. The van der Waals surface area contributed by atoms with Crippen LogP contribution < -0.4 is 5.73 Å². The lowest BCUT2D eigenvalue weighted by molar-refractivity contribution is -0.137. The van der Waals surface area contributed by atoms with Crippen LogP contribution in [0, 0.1) is 11.6 Å². The third-order valence-corrected chi connectivity index (χ3v) is 2.10. The Morgan fingerprint density at radius 1 is 1.53 bits per heavy atom. The first-order valence-corrected chi connectivity index (χ1v) is 4.41. The third kappa shape index (κ3) is 2.87. The van der Waals surface area contributed by atoms with E-state index in [-0.39, 0.29) is 12.0 Å². The molecule has 0 saturated heterocycles. The Bertz CT molecular complexity index is 375. The van der Waals surface area contributed by atoms with Crippen LogP contribution in [-0.4, -0.2) is 11.1 Å². The van der Waals surface area contributed by atoms with E-state index >= 15 is 0 Å². The van der Waals surface area contributed by atoms with Crippen molar-refractivity contribution in [1.29, 1.82) is 0 Å². The minimum absolute atomic E-state index is 0.154. The molecule has 0 saturated carbocycles. The molecular weight excluding hydrogens is 228 g/mol. The number of nitrogens with two attached hydrogens (primary N) is 1. The van der Waals surface area contributed by atoms with Crippen LogP contribution in [0.2, 0.25) is 5.02 Å². The van der Waals surface area contributed by atoms with Crippen molar-refractivity contribution in [3.63, 3.8) is 0 Å². The second-order valence-electron chi connectivity index (χ2n) is 3.00. The Labute approximate surface area is 89.5 Å². The lowest BCUT2D eigenvalue weighted by Gasteiger charge is -2.10. The van der Waals surface area contributed by atoms with Gasteiger partial charge in [0.15, 0.2) is 11.6 Å². The minimum atomic E-state index is -1.16. The molecule has 0 fully saturated rings. The Morgan fingerprint density at radius 3 is 2.60 bits per heavy atom. The number of halogens is 3. The lowest BCUT2D eigenvalue weighted by atomic mass is 10.0. The number of carboxylic acids is 1. The Morgan fingerprint density at radius 2 is 2.13 bits per heavy atom. The van der Waals surface area contributed by atoms with Crippen LogP contribution in [0.3, 0.4) is 0 Å². The lowest BCUT2D eigenvalue weighted by Crippen LogP contribution is -2.15. The zero-order valence-electron chi connectivity index (χ0n) is 7.51. The van der Waals surface area contributed by atoms with Crippen LogP contribution in [0.15, 0.2) is 12.1 Å². The van der Waals surface area contributed by atoms with E-state index in [4.69, 9.17) is 22.4 Å². The molecule has 0 aliphatic rings. The van der Waals surface area contributed by atoms with Crippen LogP contribution in [0.1, 0.15) is 18.0 Å². The maximum absolute atomic E-state index is 12.9. The molecule has 0 aliphatic carbocycles. The normalized spacial score (nSPS) is 12.5. The molecule has 0 bridgehead atoms. The fourth-order valence-electron chi connectivity index (χ4n) is 1.10. The first-order valence-electron chi connectivity index (χ1n) is 4.03. The van der Waals surface area contributed by atoms with Crippen LogP contribution in [0.4, 0.5) is 8.78 Å². The van der Waals surface area contributed by atoms with E-state index in [1.807, 2.05) is 0 Å². The number of carbonyl (C=O) groups is 1. The van der Waals surface area contributed by atoms with Gasteiger partial charge in [-0.05, 0) is 17.7 Å². The zero-order chi connectivity index (χ0) is 11.6. The molecule has 1 atom stereocenters. The van der Waals surface area contributed by atoms with Crippen LogP contribution in [-0.2, 0) is 4.79 Å². The molecule has 0 amide bonds. The second kappa shape index (κ2) is 4.55. The first-order chi connectivity index (χ1) is 6.91. The number of benzene rings is 1. The number of hydrogen-bond donors (Lipinski definition) is 2. The van der Waals surface area contributed by atoms with Crippen LogP contribution in [0.25, 0.3) is 0 Å². The van der Waals surface area contributed by atoms with Gasteiger partial charge in [0, 0.05) is 6.04 Å². The fraction of sp³-hybridized carbons (Fsp3) is 0.222. The molecule has 1 aromatic carbocycles. The molecule has 3 nitrogen and oxygen atoms in total. The van der Waals surface area contributed by atoms with Gasteiger partial charge in [0.1, 0.15) is 0 Å².